The summed E-state index contributed by atoms with van der Waals surface area (Å²) in [6, 6.07) is 72.3. The zero-order valence-electron chi connectivity index (χ0n) is 34.7. The van der Waals surface area contributed by atoms with Crippen molar-refractivity contribution in [3.8, 4) is 28.2 Å². The molecule has 0 aliphatic rings. The van der Waals surface area contributed by atoms with Gasteiger partial charge in [0.2, 0.25) is 0 Å². The maximum Gasteiger partial charge on any atom is 0.144 e. The van der Waals surface area contributed by atoms with Crippen molar-refractivity contribution in [2.45, 2.75) is 0 Å². The molecule has 15 aromatic rings. The van der Waals surface area contributed by atoms with Crippen LogP contribution in [0.25, 0.3) is 146 Å². The zero-order valence-corrected chi connectivity index (χ0v) is 35.5. The summed E-state index contributed by atoms with van der Waals surface area (Å²) in [7, 11) is 0. The number of nitrogens with zero attached hydrogens (tertiary/aromatic N) is 3. The molecule has 0 atom stereocenters. The zero-order chi connectivity index (χ0) is 42.3. The molecule has 0 saturated heterocycles. The number of aromatic nitrogens is 3. The predicted octanol–water partition coefficient (Wildman–Crippen LogP) is 16.9. The van der Waals surface area contributed by atoms with E-state index in [-0.39, 0.29) is 0 Å². The molecule has 4 aromatic heterocycles. The topological polar surface area (TPSA) is 43.9 Å². The third-order valence-electron chi connectivity index (χ3n) is 13.7. The maximum absolute atomic E-state index is 7.23. The Morgan fingerprint density at radius 1 is 0.400 bits per heavy atom. The third kappa shape index (κ3) is 4.96. The Labute approximate surface area is 374 Å². The highest BCUT2D eigenvalue weighted by atomic mass is 32.1. The molecule has 11 aromatic carbocycles. The number of hydrogen-bond acceptors (Lipinski definition) is 4. The first-order valence-electron chi connectivity index (χ1n) is 22.1. The number of benzene rings is 11. The van der Waals surface area contributed by atoms with Crippen LogP contribution in [0.3, 0.4) is 0 Å². The lowest BCUT2D eigenvalue weighted by atomic mass is 9.88. The Morgan fingerprint density at radius 2 is 1.02 bits per heavy atom. The highest BCUT2D eigenvalue weighted by Gasteiger charge is 2.26. The summed E-state index contributed by atoms with van der Waals surface area (Å²) in [5.74, 6) is 0. The summed E-state index contributed by atoms with van der Waals surface area (Å²) in [5.41, 5.74) is 9.74. The van der Waals surface area contributed by atoms with E-state index in [0.29, 0.717) is 0 Å². The normalized spacial score (nSPS) is 12.3. The van der Waals surface area contributed by atoms with E-state index < -0.39 is 0 Å². The van der Waals surface area contributed by atoms with Crippen molar-refractivity contribution in [1.82, 2.24) is 14.5 Å². The number of furan rings is 1. The van der Waals surface area contributed by atoms with Gasteiger partial charge in [0.15, 0.2) is 0 Å². The Balaban J connectivity index is 1.12. The van der Waals surface area contributed by atoms with Gasteiger partial charge in [0, 0.05) is 59.2 Å². The first-order valence-corrected chi connectivity index (χ1v) is 22.9. The van der Waals surface area contributed by atoms with E-state index >= 15 is 0 Å². The molecule has 4 nitrogen and oxygen atoms in total. The van der Waals surface area contributed by atoms with Crippen molar-refractivity contribution in [2.24, 2.45) is 0 Å². The summed E-state index contributed by atoms with van der Waals surface area (Å²) in [5, 5.41) is 17.3. The summed E-state index contributed by atoms with van der Waals surface area (Å²) in [4.78, 5) is 12.5. The molecule has 0 spiro atoms. The van der Waals surface area contributed by atoms with E-state index in [2.05, 4.69) is 205 Å². The number of rotatable bonds is 3. The van der Waals surface area contributed by atoms with Crippen LogP contribution in [0.1, 0.15) is 0 Å². The van der Waals surface area contributed by atoms with Gasteiger partial charge in [-0.2, -0.15) is 0 Å². The molecular weight excluding hydrogens is 811 g/mol. The molecule has 5 heteroatoms. The van der Waals surface area contributed by atoms with E-state index in [4.69, 9.17) is 14.4 Å². The number of thiophene rings is 1. The van der Waals surface area contributed by atoms with Gasteiger partial charge in [-0.3, -0.25) is 0 Å². The highest BCUT2D eigenvalue weighted by molar-refractivity contribution is 7.25. The molecule has 4 heterocycles. The van der Waals surface area contributed by atoms with Gasteiger partial charge in [0.1, 0.15) is 21.5 Å². The summed E-state index contributed by atoms with van der Waals surface area (Å²) in [6.07, 6.45) is 0. The number of hydrogen-bond donors (Lipinski definition) is 0. The van der Waals surface area contributed by atoms with Gasteiger partial charge in [-0.15, -0.1) is 11.3 Å². The van der Waals surface area contributed by atoms with Crippen LogP contribution in [0.15, 0.2) is 205 Å². The number of fused-ring (bicyclic) bond motifs is 18. The molecule has 0 amide bonds. The lowest BCUT2D eigenvalue weighted by molar-refractivity contribution is 0.673. The average molecular weight is 844 g/mol. The van der Waals surface area contributed by atoms with Gasteiger partial charge in [-0.1, -0.05) is 140 Å². The van der Waals surface area contributed by atoms with Gasteiger partial charge in [0.05, 0.1) is 22.4 Å². The Hall–Kier alpha value is -8.38. The predicted molar refractivity (Wildman–Crippen MR) is 275 cm³/mol. The molecule has 0 saturated carbocycles. The van der Waals surface area contributed by atoms with E-state index in [1.807, 2.05) is 0 Å². The Kier molecular flexibility index (Phi) is 7.07. The quantitative estimate of drug-likeness (QED) is 0.166. The van der Waals surface area contributed by atoms with Gasteiger partial charge in [-0.25, -0.2) is 9.97 Å². The SMILES string of the molecule is c1ccc(-n2c3ccccc3c3cc(-c4nc5sc6cc7ccccc7cc6c5nc4-c4cc5ccccc5c5c6ccccc6c6c7cc8ccccc8cc7oc6c45)ccc32)cc1. The van der Waals surface area contributed by atoms with Crippen molar-refractivity contribution in [1.29, 1.82) is 0 Å². The van der Waals surface area contributed by atoms with Crippen LogP contribution in [0.4, 0.5) is 0 Å². The number of para-hydroxylation sites is 2. The lowest BCUT2D eigenvalue weighted by Gasteiger charge is -2.16. The van der Waals surface area contributed by atoms with Crippen LogP contribution in [0, 0.1) is 0 Å². The van der Waals surface area contributed by atoms with Gasteiger partial charge < -0.3 is 8.98 Å². The van der Waals surface area contributed by atoms with Crippen molar-refractivity contribution in [3.05, 3.63) is 200 Å². The van der Waals surface area contributed by atoms with Gasteiger partial charge >= 0.3 is 0 Å². The molecule has 0 bridgehead atoms. The maximum atomic E-state index is 7.23. The van der Waals surface area contributed by atoms with Crippen LogP contribution in [0.2, 0.25) is 0 Å². The molecule has 65 heavy (non-hydrogen) atoms. The Bertz CT molecular complexity index is 4540. The lowest BCUT2D eigenvalue weighted by Crippen LogP contribution is -1.97. The molecular formula is C60H33N3OS. The molecule has 0 N–H and O–H groups in total. The van der Waals surface area contributed by atoms with Crippen LogP contribution in [-0.4, -0.2) is 14.5 Å². The molecule has 0 radical (unpaired) electrons. The van der Waals surface area contributed by atoms with E-state index in [1.54, 1.807) is 11.3 Å². The summed E-state index contributed by atoms with van der Waals surface area (Å²) >= 11 is 1.72. The standard InChI is InChI=1S/C60H33N3OS/c1-2-19-40(20-3-1)63-49-25-13-12-22-42(49)45-31-39(26-27-50(45)63)56-57(61-58-47-29-35-15-5-7-17-37(35)33-52(47)65-60(58)62-56)48-30-38-18-8-9-21-41(38)53-43-23-10-11-24-44(43)54-46-28-34-14-4-6-16-36(34)32-51(46)64-59(54)55(48)53/h1-33H. The van der Waals surface area contributed by atoms with Gasteiger partial charge in [0.25, 0.3) is 0 Å². The fourth-order valence-corrected chi connectivity index (χ4v) is 11.9. The first kappa shape index (κ1) is 35.1. The summed E-state index contributed by atoms with van der Waals surface area (Å²) in [6.45, 7) is 0. The average Bonchev–Trinajstić information content (AvgIpc) is 4.03. The minimum Gasteiger partial charge on any atom is -0.455 e. The van der Waals surface area contributed by atoms with Crippen molar-refractivity contribution in [3.63, 3.8) is 0 Å². The van der Waals surface area contributed by atoms with E-state index in [1.165, 1.54) is 47.8 Å². The highest BCUT2D eigenvalue weighted by Crippen LogP contribution is 2.50. The third-order valence-corrected chi connectivity index (χ3v) is 14.7. The van der Waals surface area contributed by atoms with E-state index in [9.17, 15) is 0 Å². The summed E-state index contributed by atoms with van der Waals surface area (Å²) < 4.78 is 10.8. The fourth-order valence-electron chi connectivity index (χ4n) is 10.8. The van der Waals surface area contributed by atoms with Crippen molar-refractivity contribution in [2.75, 3.05) is 0 Å². The second kappa shape index (κ2) is 13.1. The molecule has 300 valence electrons. The minimum atomic E-state index is 0.828. The fraction of sp³-hybridized carbons (Fsp3) is 0. The largest absolute Gasteiger partial charge is 0.455 e. The van der Waals surface area contributed by atoms with Crippen LogP contribution < -0.4 is 0 Å². The van der Waals surface area contributed by atoms with Crippen molar-refractivity contribution >= 4 is 129 Å². The Morgan fingerprint density at radius 3 is 1.80 bits per heavy atom. The van der Waals surface area contributed by atoms with Gasteiger partial charge in [-0.05, 0) is 104 Å². The smallest absolute Gasteiger partial charge is 0.144 e. The van der Waals surface area contributed by atoms with Crippen LogP contribution in [0.5, 0.6) is 0 Å². The second-order valence-corrected chi connectivity index (χ2v) is 18.3. The van der Waals surface area contributed by atoms with Crippen LogP contribution >= 0.6 is 11.3 Å². The molecule has 0 fully saturated rings. The van der Waals surface area contributed by atoms with Crippen molar-refractivity contribution < 1.29 is 4.42 Å². The first-order chi connectivity index (χ1) is 32.2. The van der Waals surface area contributed by atoms with E-state index in [0.717, 1.165) is 98.5 Å². The monoisotopic (exact) mass is 843 g/mol. The molecule has 0 unspecified atom stereocenters. The van der Waals surface area contributed by atoms with Crippen LogP contribution in [-0.2, 0) is 0 Å². The molecule has 0 aliphatic heterocycles. The second-order valence-electron chi connectivity index (χ2n) is 17.2. The molecule has 0 aliphatic carbocycles. The minimum absolute atomic E-state index is 0.828. The molecule has 15 rings (SSSR count).